The molecule has 2 atom stereocenters. The second-order valence-corrected chi connectivity index (χ2v) is 8.75. The number of hydrogen-bond acceptors (Lipinski definition) is 3. The number of benzene rings is 1. The molecule has 2 saturated heterocycles. The van der Waals surface area contributed by atoms with Crippen LogP contribution in [-0.4, -0.2) is 28.5 Å². The Morgan fingerprint density at radius 2 is 1.85 bits per heavy atom. The number of nitrogens with one attached hydrogen (secondary N) is 1. The number of oxazole rings is 1. The van der Waals surface area contributed by atoms with Crippen molar-refractivity contribution >= 4 is 11.7 Å². The van der Waals surface area contributed by atoms with Crippen LogP contribution in [0.5, 0.6) is 0 Å². The van der Waals surface area contributed by atoms with Gasteiger partial charge in [0.05, 0.1) is 5.69 Å². The number of carbonyl (C=O) groups is 1. The van der Waals surface area contributed by atoms with Crippen LogP contribution in [-0.2, 0) is 0 Å². The van der Waals surface area contributed by atoms with E-state index in [1.54, 1.807) is 0 Å². The molecule has 3 heterocycles. The summed E-state index contributed by atoms with van der Waals surface area (Å²) in [6.07, 6.45) is 6.40. The van der Waals surface area contributed by atoms with Gasteiger partial charge in [0.25, 0.3) is 0 Å². The summed E-state index contributed by atoms with van der Waals surface area (Å²) in [6, 6.07) is 8.25. The third-order valence-corrected chi connectivity index (χ3v) is 6.76. The normalized spacial score (nSPS) is 29.0. The van der Waals surface area contributed by atoms with E-state index < -0.39 is 0 Å². The van der Waals surface area contributed by atoms with Crippen molar-refractivity contribution in [3.05, 3.63) is 35.7 Å². The molecular formula is C22H27N3O2. The second-order valence-electron chi connectivity index (χ2n) is 8.75. The molecule has 2 aliphatic heterocycles. The number of anilines is 1. The number of rotatable bonds is 2. The maximum atomic E-state index is 13.1. The van der Waals surface area contributed by atoms with Gasteiger partial charge in [0.15, 0.2) is 0 Å². The van der Waals surface area contributed by atoms with Crippen molar-refractivity contribution in [2.45, 2.75) is 52.0 Å². The number of fused-ring (bicyclic) bond motifs is 1. The third kappa shape index (κ3) is 3.13. The van der Waals surface area contributed by atoms with Crippen molar-refractivity contribution in [3.63, 3.8) is 0 Å². The molecule has 0 spiro atoms. The highest BCUT2D eigenvalue weighted by Crippen LogP contribution is 2.47. The summed E-state index contributed by atoms with van der Waals surface area (Å²) in [6.45, 7) is 4.77. The Hall–Kier alpha value is -2.30. The lowest BCUT2D eigenvalue weighted by molar-refractivity contribution is 0.136. The molecule has 5 nitrogen and oxygen atoms in total. The fourth-order valence-electron chi connectivity index (χ4n) is 5.55. The van der Waals surface area contributed by atoms with Gasteiger partial charge in [-0.1, -0.05) is 6.07 Å². The van der Waals surface area contributed by atoms with Crippen LogP contribution in [0.1, 0.15) is 43.6 Å². The Morgan fingerprint density at radius 1 is 1.11 bits per heavy atom. The van der Waals surface area contributed by atoms with Crippen LogP contribution >= 0.6 is 0 Å². The predicted octanol–water partition coefficient (Wildman–Crippen LogP) is 5.00. The quantitative estimate of drug-likeness (QED) is 0.815. The lowest BCUT2D eigenvalue weighted by Gasteiger charge is -2.38. The van der Waals surface area contributed by atoms with Crippen LogP contribution in [0, 0.1) is 31.6 Å². The zero-order valence-corrected chi connectivity index (χ0v) is 16.1. The molecule has 6 rings (SSSR count). The van der Waals surface area contributed by atoms with Crippen molar-refractivity contribution in [1.29, 1.82) is 0 Å². The van der Waals surface area contributed by atoms with Crippen molar-refractivity contribution < 1.29 is 9.21 Å². The molecular weight excluding hydrogens is 338 g/mol. The van der Waals surface area contributed by atoms with Crippen molar-refractivity contribution in [1.82, 2.24) is 9.88 Å². The topological polar surface area (TPSA) is 58.4 Å². The number of aryl methyl sites for hydroxylation is 2. The Bertz CT molecular complexity index is 841. The number of aromatic nitrogens is 1. The monoisotopic (exact) mass is 365 g/mol. The molecule has 2 amide bonds. The molecule has 1 aromatic carbocycles. The highest BCUT2D eigenvalue weighted by Gasteiger charge is 2.44. The standard InChI is InChI=1S/C22H27N3O2/c1-13-14(2)27-21(23-13)18-4-3-5-19(11-18)24-22(26)25-12-17-7-15-6-16(8-17)10-20(25)9-15/h3-5,11,15-17,20H,6-10,12H2,1-2H3,(H,24,26). The molecule has 5 heteroatoms. The average Bonchev–Trinajstić information content (AvgIpc) is 2.84. The summed E-state index contributed by atoms with van der Waals surface area (Å²) in [5, 5.41) is 3.13. The highest BCUT2D eigenvalue weighted by molar-refractivity contribution is 5.90. The molecule has 2 saturated carbocycles. The highest BCUT2D eigenvalue weighted by atomic mass is 16.4. The van der Waals surface area contributed by atoms with Gasteiger partial charge in [-0.2, -0.15) is 0 Å². The zero-order chi connectivity index (χ0) is 18.5. The lowest BCUT2D eigenvalue weighted by atomic mass is 9.68. The van der Waals surface area contributed by atoms with Crippen LogP contribution in [0.4, 0.5) is 10.5 Å². The molecule has 4 bridgehead atoms. The van der Waals surface area contributed by atoms with Crippen molar-refractivity contribution in [2.75, 3.05) is 11.9 Å². The minimum Gasteiger partial charge on any atom is -0.441 e. The number of nitrogens with zero attached hydrogens (tertiary/aromatic N) is 2. The van der Waals surface area contributed by atoms with E-state index >= 15 is 0 Å². The molecule has 27 heavy (non-hydrogen) atoms. The van der Waals surface area contributed by atoms with E-state index in [0.29, 0.717) is 17.9 Å². The first-order valence-electron chi connectivity index (χ1n) is 10.2. The summed E-state index contributed by atoms with van der Waals surface area (Å²) in [7, 11) is 0. The van der Waals surface area contributed by atoms with Gasteiger partial charge >= 0.3 is 6.03 Å². The smallest absolute Gasteiger partial charge is 0.322 e. The predicted molar refractivity (Wildman–Crippen MR) is 104 cm³/mol. The van der Waals surface area contributed by atoms with Crippen LogP contribution in [0.25, 0.3) is 11.5 Å². The van der Waals surface area contributed by atoms with E-state index in [4.69, 9.17) is 4.42 Å². The van der Waals surface area contributed by atoms with Crippen molar-refractivity contribution in [2.24, 2.45) is 17.8 Å². The largest absolute Gasteiger partial charge is 0.441 e. The minimum atomic E-state index is 0.0464. The summed E-state index contributed by atoms with van der Waals surface area (Å²) in [4.78, 5) is 19.7. The van der Waals surface area contributed by atoms with Gasteiger partial charge in [0.1, 0.15) is 5.76 Å². The first kappa shape index (κ1) is 16.8. The van der Waals surface area contributed by atoms with Gasteiger partial charge in [-0.05, 0) is 81.9 Å². The van der Waals surface area contributed by atoms with Gasteiger partial charge in [-0.25, -0.2) is 9.78 Å². The van der Waals surface area contributed by atoms with Gasteiger partial charge in [0.2, 0.25) is 5.89 Å². The van der Waals surface area contributed by atoms with Gasteiger partial charge in [0, 0.05) is 23.8 Å². The molecule has 142 valence electrons. The van der Waals surface area contributed by atoms with Crippen LogP contribution in [0.2, 0.25) is 0 Å². The van der Waals surface area contributed by atoms with E-state index in [0.717, 1.165) is 41.1 Å². The number of carbonyl (C=O) groups excluding carboxylic acids is 1. The van der Waals surface area contributed by atoms with Crippen LogP contribution in [0.15, 0.2) is 28.7 Å². The molecule has 1 aromatic heterocycles. The lowest BCUT2D eigenvalue weighted by Crippen LogP contribution is -2.44. The summed E-state index contributed by atoms with van der Waals surface area (Å²) < 4.78 is 5.73. The zero-order valence-electron chi connectivity index (χ0n) is 16.1. The minimum absolute atomic E-state index is 0.0464. The molecule has 0 radical (unpaired) electrons. The average molecular weight is 365 g/mol. The molecule has 4 fully saturated rings. The Kier molecular flexibility index (Phi) is 3.99. The van der Waals surface area contributed by atoms with Crippen molar-refractivity contribution in [3.8, 4) is 11.5 Å². The first-order chi connectivity index (χ1) is 13.0. The maximum Gasteiger partial charge on any atom is 0.322 e. The molecule has 2 aliphatic carbocycles. The van der Waals surface area contributed by atoms with E-state index in [1.165, 1.54) is 32.1 Å². The molecule has 2 unspecified atom stereocenters. The summed E-state index contributed by atoms with van der Waals surface area (Å²) in [5.41, 5.74) is 2.59. The Morgan fingerprint density at radius 3 is 2.56 bits per heavy atom. The Labute approximate surface area is 160 Å². The Balaban J connectivity index is 1.34. The second kappa shape index (κ2) is 6.39. The number of amides is 2. The van der Waals surface area contributed by atoms with Crippen LogP contribution < -0.4 is 5.32 Å². The fourth-order valence-corrected chi connectivity index (χ4v) is 5.55. The summed E-state index contributed by atoms with van der Waals surface area (Å²) in [5.74, 6) is 3.80. The van der Waals surface area contributed by atoms with E-state index in [9.17, 15) is 4.79 Å². The first-order valence-corrected chi connectivity index (χ1v) is 10.2. The van der Waals surface area contributed by atoms with E-state index in [-0.39, 0.29) is 6.03 Å². The fraction of sp³-hybridized carbons (Fsp3) is 0.545. The van der Waals surface area contributed by atoms with Gasteiger partial charge < -0.3 is 14.6 Å². The van der Waals surface area contributed by atoms with Crippen LogP contribution in [0.3, 0.4) is 0 Å². The third-order valence-electron chi connectivity index (χ3n) is 6.76. The summed E-state index contributed by atoms with van der Waals surface area (Å²) >= 11 is 0. The van der Waals surface area contributed by atoms with E-state index in [1.807, 2.05) is 38.1 Å². The van der Waals surface area contributed by atoms with Gasteiger partial charge in [-0.15, -0.1) is 0 Å². The van der Waals surface area contributed by atoms with E-state index in [2.05, 4.69) is 15.2 Å². The van der Waals surface area contributed by atoms with Gasteiger partial charge in [-0.3, -0.25) is 0 Å². The number of hydrogen-bond donors (Lipinski definition) is 1. The molecule has 1 N–H and O–H groups in total. The molecule has 2 aromatic rings. The molecule has 4 aliphatic rings. The SMILES string of the molecule is Cc1nc(-c2cccc(NC(=O)N3CC4CC5CC(C4)CC3C5)c2)oc1C. The number of urea groups is 1. The maximum absolute atomic E-state index is 13.1.